The lowest BCUT2D eigenvalue weighted by Gasteiger charge is -2.24. The quantitative estimate of drug-likeness (QED) is 0.787. The van der Waals surface area contributed by atoms with Gasteiger partial charge in [-0.3, -0.25) is 4.79 Å². The van der Waals surface area contributed by atoms with Gasteiger partial charge in [0, 0.05) is 18.2 Å². The van der Waals surface area contributed by atoms with E-state index < -0.39 is 15.3 Å². The van der Waals surface area contributed by atoms with Crippen molar-refractivity contribution in [2.75, 3.05) is 18.6 Å². The van der Waals surface area contributed by atoms with Crippen LogP contribution in [0.15, 0.2) is 0 Å². The van der Waals surface area contributed by atoms with Crippen molar-refractivity contribution in [2.24, 2.45) is 10.8 Å². The predicted octanol–water partition coefficient (Wildman–Crippen LogP) is 0.974. The Balaban J connectivity index is 2.45. The molecular formula is C11H21NO3S. The molecule has 4 nitrogen and oxygen atoms in total. The summed E-state index contributed by atoms with van der Waals surface area (Å²) in [5.41, 5.74) is -0.602. The van der Waals surface area contributed by atoms with Gasteiger partial charge < -0.3 is 5.32 Å². The molecule has 0 spiro atoms. The van der Waals surface area contributed by atoms with E-state index in [-0.39, 0.29) is 17.1 Å². The molecule has 1 fully saturated rings. The van der Waals surface area contributed by atoms with Crippen LogP contribution in [-0.2, 0) is 14.6 Å². The lowest BCUT2D eigenvalue weighted by Crippen LogP contribution is -2.40. The molecule has 0 bridgehead atoms. The molecular weight excluding hydrogens is 226 g/mol. The summed E-state index contributed by atoms with van der Waals surface area (Å²) in [7, 11) is -3.00. The van der Waals surface area contributed by atoms with E-state index in [2.05, 4.69) is 5.32 Å². The summed E-state index contributed by atoms with van der Waals surface area (Å²) < 4.78 is 22.4. The molecule has 0 saturated heterocycles. The van der Waals surface area contributed by atoms with Crippen molar-refractivity contribution in [3.8, 4) is 0 Å². The van der Waals surface area contributed by atoms with Gasteiger partial charge in [0.1, 0.15) is 9.84 Å². The topological polar surface area (TPSA) is 63.2 Å². The number of nitrogens with one attached hydrogen (secondary N) is 1. The van der Waals surface area contributed by atoms with Gasteiger partial charge in [0.15, 0.2) is 0 Å². The van der Waals surface area contributed by atoms with Crippen LogP contribution < -0.4 is 5.32 Å². The lowest BCUT2D eigenvalue weighted by atomic mass is 9.96. The number of sulfone groups is 1. The second-order valence-electron chi connectivity index (χ2n) is 5.98. The summed E-state index contributed by atoms with van der Waals surface area (Å²) in [6, 6.07) is 0. The van der Waals surface area contributed by atoms with E-state index in [1.165, 1.54) is 6.26 Å². The molecule has 1 aliphatic carbocycles. The molecule has 0 radical (unpaired) electrons. The second kappa shape index (κ2) is 4.02. The molecule has 5 heteroatoms. The van der Waals surface area contributed by atoms with Gasteiger partial charge in [-0.2, -0.15) is 0 Å². The van der Waals surface area contributed by atoms with Gasteiger partial charge in [-0.15, -0.1) is 0 Å². The lowest BCUT2D eigenvalue weighted by molar-refractivity contribution is -0.126. The molecule has 1 amide bonds. The first-order chi connectivity index (χ1) is 7.04. The largest absolute Gasteiger partial charge is 0.355 e. The zero-order valence-corrected chi connectivity index (χ0v) is 11.3. The highest BCUT2D eigenvalue weighted by atomic mass is 32.2. The number of hydrogen-bond donors (Lipinski definition) is 1. The SMILES string of the molecule is CC(C)(CNC(=O)C1(C)CC1)CS(C)(=O)=O. The van der Waals surface area contributed by atoms with Crippen LogP contribution in [0.5, 0.6) is 0 Å². The fourth-order valence-corrected chi connectivity index (χ4v) is 3.23. The van der Waals surface area contributed by atoms with E-state index in [9.17, 15) is 13.2 Å². The number of rotatable bonds is 5. The molecule has 0 heterocycles. The Hall–Kier alpha value is -0.580. The van der Waals surface area contributed by atoms with Crippen LogP contribution in [0.2, 0.25) is 0 Å². The van der Waals surface area contributed by atoms with E-state index in [0.717, 1.165) is 12.8 Å². The Bertz CT molecular complexity index is 380. The zero-order valence-electron chi connectivity index (χ0n) is 10.5. The van der Waals surface area contributed by atoms with Crippen LogP contribution in [0, 0.1) is 10.8 Å². The van der Waals surface area contributed by atoms with Crippen molar-refractivity contribution in [3.05, 3.63) is 0 Å². The van der Waals surface area contributed by atoms with Crippen LogP contribution in [0.4, 0.5) is 0 Å². The monoisotopic (exact) mass is 247 g/mol. The first-order valence-corrected chi connectivity index (χ1v) is 7.56. The molecule has 1 N–H and O–H groups in total. The summed E-state index contributed by atoms with van der Waals surface area (Å²) in [5.74, 6) is 0.144. The molecule has 0 atom stereocenters. The van der Waals surface area contributed by atoms with Crippen LogP contribution in [0.3, 0.4) is 0 Å². The van der Waals surface area contributed by atoms with Crippen molar-refractivity contribution in [3.63, 3.8) is 0 Å². The normalized spacial score (nSPS) is 19.2. The summed E-state index contributed by atoms with van der Waals surface area (Å²) >= 11 is 0. The van der Waals surface area contributed by atoms with E-state index in [0.29, 0.717) is 6.54 Å². The van der Waals surface area contributed by atoms with Gasteiger partial charge in [-0.25, -0.2) is 8.42 Å². The van der Waals surface area contributed by atoms with Gasteiger partial charge >= 0.3 is 0 Å². The maximum atomic E-state index is 11.7. The van der Waals surface area contributed by atoms with Crippen LogP contribution in [0.25, 0.3) is 0 Å². The molecule has 0 aliphatic heterocycles. The molecule has 16 heavy (non-hydrogen) atoms. The highest BCUT2D eigenvalue weighted by molar-refractivity contribution is 7.90. The third-order valence-electron chi connectivity index (χ3n) is 2.93. The minimum atomic E-state index is -3.00. The minimum absolute atomic E-state index is 0.0501. The Morgan fingerprint density at radius 2 is 1.88 bits per heavy atom. The van der Waals surface area contributed by atoms with Crippen molar-refractivity contribution >= 4 is 15.7 Å². The average molecular weight is 247 g/mol. The number of amides is 1. The zero-order chi connectivity index (χ0) is 12.6. The third-order valence-corrected chi connectivity index (χ3v) is 4.23. The van der Waals surface area contributed by atoms with E-state index >= 15 is 0 Å². The summed E-state index contributed by atoms with van der Waals surface area (Å²) in [6.45, 7) is 6.05. The fourth-order valence-electron chi connectivity index (χ4n) is 1.71. The minimum Gasteiger partial charge on any atom is -0.355 e. The molecule has 1 rings (SSSR count). The Morgan fingerprint density at radius 3 is 2.25 bits per heavy atom. The second-order valence-corrected chi connectivity index (χ2v) is 8.12. The van der Waals surface area contributed by atoms with Crippen LogP contribution in [0.1, 0.15) is 33.6 Å². The summed E-state index contributed by atoms with van der Waals surface area (Å²) in [4.78, 5) is 11.7. The van der Waals surface area contributed by atoms with Gasteiger partial charge in [0.2, 0.25) is 5.91 Å². The van der Waals surface area contributed by atoms with Crippen molar-refractivity contribution in [1.29, 1.82) is 0 Å². The Morgan fingerprint density at radius 1 is 1.38 bits per heavy atom. The molecule has 1 aliphatic rings. The predicted molar refractivity (Wildman–Crippen MR) is 63.8 cm³/mol. The molecule has 1 saturated carbocycles. The van der Waals surface area contributed by atoms with Gasteiger partial charge in [0.05, 0.1) is 5.75 Å². The van der Waals surface area contributed by atoms with Crippen LogP contribution in [-0.4, -0.2) is 32.9 Å². The van der Waals surface area contributed by atoms with E-state index in [1.54, 1.807) is 0 Å². The number of hydrogen-bond acceptors (Lipinski definition) is 3. The van der Waals surface area contributed by atoms with E-state index in [1.807, 2.05) is 20.8 Å². The van der Waals surface area contributed by atoms with Gasteiger partial charge in [-0.05, 0) is 18.3 Å². The Labute approximate surface area is 97.7 Å². The van der Waals surface area contributed by atoms with Gasteiger partial charge in [-0.1, -0.05) is 20.8 Å². The van der Waals surface area contributed by atoms with Crippen molar-refractivity contribution in [1.82, 2.24) is 5.32 Å². The molecule has 0 aromatic rings. The summed E-state index contributed by atoms with van der Waals surface area (Å²) in [6.07, 6.45) is 3.09. The van der Waals surface area contributed by atoms with Crippen molar-refractivity contribution in [2.45, 2.75) is 33.6 Å². The number of carbonyl (C=O) groups excluding carboxylic acids is 1. The van der Waals surface area contributed by atoms with E-state index in [4.69, 9.17) is 0 Å². The molecule has 94 valence electrons. The Kier molecular flexibility index (Phi) is 3.39. The molecule has 0 aromatic heterocycles. The average Bonchev–Trinajstić information content (AvgIpc) is 2.76. The highest BCUT2D eigenvalue weighted by Gasteiger charge is 2.45. The third kappa shape index (κ3) is 4.12. The molecule has 0 unspecified atom stereocenters. The maximum absolute atomic E-state index is 11.7. The first-order valence-electron chi connectivity index (χ1n) is 5.50. The first kappa shape index (κ1) is 13.5. The summed E-state index contributed by atoms with van der Waals surface area (Å²) in [5, 5.41) is 2.84. The van der Waals surface area contributed by atoms with Crippen molar-refractivity contribution < 1.29 is 13.2 Å². The standard InChI is InChI=1S/C11H21NO3S/c1-10(2,8-16(4,14)15)7-12-9(13)11(3)5-6-11/h5-8H2,1-4H3,(H,12,13). The maximum Gasteiger partial charge on any atom is 0.225 e. The van der Waals surface area contributed by atoms with Gasteiger partial charge in [0.25, 0.3) is 0 Å². The smallest absolute Gasteiger partial charge is 0.225 e. The number of carbonyl (C=O) groups is 1. The fraction of sp³-hybridized carbons (Fsp3) is 0.909. The van der Waals surface area contributed by atoms with Crippen LogP contribution >= 0.6 is 0 Å². The highest BCUT2D eigenvalue weighted by Crippen LogP contribution is 2.45. The molecule has 0 aromatic carbocycles.